The van der Waals surface area contributed by atoms with E-state index < -0.39 is 0 Å². The average molecular weight is 258 g/mol. The Labute approximate surface area is 117 Å². The van der Waals surface area contributed by atoms with Crippen LogP contribution in [0, 0.1) is 5.41 Å². The number of benzene rings is 1. The van der Waals surface area contributed by atoms with E-state index in [1.807, 2.05) is 0 Å². The maximum Gasteiger partial charge on any atom is 0.0366 e. The molecule has 1 saturated carbocycles. The van der Waals surface area contributed by atoms with Gasteiger partial charge in [0.2, 0.25) is 0 Å². The Balaban J connectivity index is 1.61. The van der Waals surface area contributed by atoms with Gasteiger partial charge in [0.15, 0.2) is 0 Å². The van der Waals surface area contributed by atoms with Crippen LogP contribution in [0.4, 0.5) is 5.69 Å². The predicted octanol–water partition coefficient (Wildman–Crippen LogP) is 3.35. The van der Waals surface area contributed by atoms with E-state index in [1.165, 1.54) is 62.9 Å². The van der Waals surface area contributed by atoms with Gasteiger partial charge in [-0.05, 0) is 61.8 Å². The van der Waals surface area contributed by atoms with Crippen molar-refractivity contribution in [1.82, 2.24) is 0 Å². The van der Waals surface area contributed by atoms with Crippen LogP contribution in [0.1, 0.15) is 44.1 Å². The fraction of sp³-hybridized carbons (Fsp3) is 0.647. The first kappa shape index (κ1) is 13.0. The van der Waals surface area contributed by atoms with Gasteiger partial charge in [-0.3, -0.25) is 0 Å². The summed E-state index contributed by atoms with van der Waals surface area (Å²) in [6, 6.07) is 9.03. The van der Waals surface area contributed by atoms with Crippen LogP contribution >= 0.6 is 0 Å². The largest absolute Gasteiger partial charge is 0.371 e. The van der Waals surface area contributed by atoms with Crippen molar-refractivity contribution in [3.63, 3.8) is 0 Å². The Morgan fingerprint density at radius 1 is 0.947 bits per heavy atom. The molecule has 3 rings (SSSR count). The molecular formula is C17H26N2. The molecular weight excluding hydrogens is 232 g/mol. The zero-order chi connectivity index (χ0) is 13.1. The van der Waals surface area contributed by atoms with Gasteiger partial charge in [0.05, 0.1) is 0 Å². The zero-order valence-electron chi connectivity index (χ0n) is 11.9. The van der Waals surface area contributed by atoms with Gasteiger partial charge in [-0.2, -0.15) is 0 Å². The van der Waals surface area contributed by atoms with Crippen molar-refractivity contribution in [3.8, 4) is 0 Å². The van der Waals surface area contributed by atoms with Crippen molar-refractivity contribution in [3.05, 3.63) is 29.8 Å². The molecule has 1 aliphatic carbocycles. The minimum absolute atomic E-state index is 0.718. The van der Waals surface area contributed by atoms with Gasteiger partial charge in [-0.25, -0.2) is 0 Å². The average Bonchev–Trinajstić information content (AvgIpc) is 2.90. The highest BCUT2D eigenvalue weighted by molar-refractivity contribution is 5.48. The quantitative estimate of drug-likeness (QED) is 0.901. The summed E-state index contributed by atoms with van der Waals surface area (Å²) in [7, 11) is 0. The standard InChI is InChI=1S/C17H26N2/c18-12-7-15-3-5-16(6-4-15)19-13-10-17(11-14-19)8-1-2-9-17/h3-6H,1-2,7-14,18H2. The van der Waals surface area contributed by atoms with Gasteiger partial charge in [0.1, 0.15) is 0 Å². The van der Waals surface area contributed by atoms with Crippen LogP contribution in [-0.4, -0.2) is 19.6 Å². The molecule has 0 amide bonds. The third-order valence-corrected chi connectivity index (χ3v) is 5.22. The summed E-state index contributed by atoms with van der Waals surface area (Å²) in [6.07, 6.45) is 9.69. The summed E-state index contributed by atoms with van der Waals surface area (Å²) in [4.78, 5) is 2.57. The van der Waals surface area contributed by atoms with Crippen LogP contribution in [0.15, 0.2) is 24.3 Å². The molecule has 1 spiro atoms. The van der Waals surface area contributed by atoms with E-state index in [1.54, 1.807) is 0 Å². The van der Waals surface area contributed by atoms with E-state index >= 15 is 0 Å². The maximum absolute atomic E-state index is 5.60. The van der Waals surface area contributed by atoms with E-state index in [4.69, 9.17) is 5.73 Å². The topological polar surface area (TPSA) is 29.3 Å². The fourth-order valence-electron chi connectivity index (χ4n) is 3.90. The summed E-state index contributed by atoms with van der Waals surface area (Å²) in [5.41, 5.74) is 9.07. The highest BCUT2D eigenvalue weighted by atomic mass is 15.1. The van der Waals surface area contributed by atoms with Crippen molar-refractivity contribution in [2.75, 3.05) is 24.5 Å². The first-order valence-corrected chi connectivity index (χ1v) is 7.85. The SMILES string of the molecule is NCCc1ccc(N2CCC3(CCCC3)CC2)cc1. The number of rotatable bonds is 3. The molecule has 2 fully saturated rings. The van der Waals surface area contributed by atoms with Crippen molar-refractivity contribution < 1.29 is 0 Å². The molecule has 2 aliphatic rings. The third kappa shape index (κ3) is 2.79. The van der Waals surface area contributed by atoms with Crippen molar-refractivity contribution in [2.24, 2.45) is 11.1 Å². The smallest absolute Gasteiger partial charge is 0.0366 e. The monoisotopic (exact) mass is 258 g/mol. The van der Waals surface area contributed by atoms with Gasteiger partial charge in [-0.1, -0.05) is 25.0 Å². The Morgan fingerprint density at radius 3 is 2.16 bits per heavy atom. The van der Waals surface area contributed by atoms with Gasteiger partial charge in [0, 0.05) is 18.8 Å². The van der Waals surface area contributed by atoms with E-state index in [0.29, 0.717) is 0 Å². The molecule has 2 N–H and O–H groups in total. The minimum atomic E-state index is 0.718. The molecule has 0 bridgehead atoms. The minimum Gasteiger partial charge on any atom is -0.371 e. The van der Waals surface area contributed by atoms with Crippen LogP contribution in [0.5, 0.6) is 0 Å². The Morgan fingerprint density at radius 2 is 1.58 bits per heavy atom. The fourth-order valence-corrected chi connectivity index (χ4v) is 3.90. The van der Waals surface area contributed by atoms with Gasteiger partial charge in [-0.15, -0.1) is 0 Å². The molecule has 104 valence electrons. The molecule has 0 atom stereocenters. The summed E-state index contributed by atoms with van der Waals surface area (Å²) in [5, 5.41) is 0. The highest BCUT2D eigenvalue weighted by Gasteiger charge is 2.36. The summed E-state index contributed by atoms with van der Waals surface area (Å²) < 4.78 is 0. The first-order chi connectivity index (χ1) is 9.31. The molecule has 19 heavy (non-hydrogen) atoms. The maximum atomic E-state index is 5.60. The van der Waals surface area contributed by atoms with E-state index in [9.17, 15) is 0 Å². The van der Waals surface area contributed by atoms with Crippen LogP contribution in [-0.2, 0) is 6.42 Å². The second kappa shape index (κ2) is 5.54. The number of piperidine rings is 1. The van der Waals surface area contributed by atoms with E-state index in [-0.39, 0.29) is 0 Å². The summed E-state index contributed by atoms with van der Waals surface area (Å²) >= 11 is 0. The number of nitrogens with zero attached hydrogens (tertiary/aromatic N) is 1. The van der Waals surface area contributed by atoms with Crippen molar-refractivity contribution in [2.45, 2.75) is 44.9 Å². The number of nitrogens with two attached hydrogens (primary N) is 1. The molecule has 0 aromatic heterocycles. The lowest BCUT2D eigenvalue weighted by molar-refractivity contribution is 0.226. The Kier molecular flexibility index (Phi) is 3.79. The molecule has 0 unspecified atom stereocenters. The Hall–Kier alpha value is -1.02. The highest BCUT2D eigenvalue weighted by Crippen LogP contribution is 2.46. The Bertz CT molecular complexity index is 394. The lowest BCUT2D eigenvalue weighted by Crippen LogP contribution is -2.38. The molecule has 2 heteroatoms. The second-order valence-corrected chi connectivity index (χ2v) is 6.40. The zero-order valence-corrected chi connectivity index (χ0v) is 11.9. The lowest BCUT2D eigenvalue weighted by atomic mass is 9.77. The molecule has 1 aromatic rings. The first-order valence-electron chi connectivity index (χ1n) is 7.85. The number of hydrogen-bond donors (Lipinski definition) is 1. The third-order valence-electron chi connectivity index (χ3n) is 5.22. The van der Waals surface area contributed by atoms with E-state index in [0.717, 1.165) is 18.4 Å². The van der Waals surface area contributed by atoms with Gasteiger partial charge in [0.25, 0.3) is 0 Å². The van der Waals surface area contributed by atoms with Crippen LogP contribution in [0.3, 0.4) is 0 Å². The molecule has 1 heterocycles. The summed E-state index contributed by atoms with van der Waals surface area (Å²) in [5.74, 6) is 0. The van der Waals surface area contributed by atoms with Crippen molar-refractivity contribution in [1.29, 1.82) is 0 Å². The molecule has 0 radical (unpaired) electrons. The molecule has 2 nitrogen and oxygen atoms in total. The van der Waals surface area contributed by atoms with Crippen LogP contribution in [0.2, 0.25) is 0 Å². The predicted molar refractivity (Wildman–Crippen MR) is 81.5 cm³/mol. The second-order valence-electron chi connectivity index (χ2n) is 6.40. The van der Waals surface area contributed by atoms with Crippen molar-refractivity contribution >= 4 is 5.69 Å². The summed E-state index contributed by atoms with van der Waals surface area (Å²) in [6.45, 7) is 3.23. The van der Waals surface area contributed by atoms with E-state index in [2.05, 4.69) is 29.2 Å². The molecule has 1 aliphatic heterocycles. The normalized spacial score (nSPS) is 22.1. The van der Waals surface area contributed by atoms with Crippen LogP contribution < -0.4 is 10.6 Å². The van der Waals surface area contributed by atoms with Gasteiger partial charge < -0.3 is 10.6 Å². The van der Waals surface area contributed by atoms with Crippen LogP contribution in [0.25, 0.3) is 0 Å². The molecule has 1 saturated heterocycles. The number of anilines is 1. The van der Waals surface area contributed by atoms with Gasteiger partial charge >= 0.3 is 0 Å². The number of hydrogen-bond acceptors (Lipinski definition) is 2. The molecule has 1 aromatic carbocycles. The lowest BCUT2D eigenvalue weighted by Gasteiger charge is -2.40.